The summed E-state index contributed by atoms with van der Waals surface area (Å²) in [6.07, 6.45) is 2.20. The van der Waals surface area contributed by atoms with Crippen molar-refractivity contribution < 1.29 is 14.3 Å². The maximum Gasteiger partial charge on any atom is 0.251 e. The molecule has 1 saturated heterocycles. The predicted molar refractivity (Wildman–Crippen MR) is 105 cm³/mol. The van der Waals surface area contributed by atoms with Crippen LogP contribution < -0.4 is 10.1 Å². The van der Waals surface area contributed by atoms with E-state index >= 15 is 0 Å². The zero-order chi connectivity index (χ0) is 19.2. The average Bonchev–Trinajstić information content (AvgIpc) is 3.27. The van der Waals surface area contributed by atoms with Crippen molar-refractivity contribution in [2.45, 2.75) is 18.9 Å². The van der Waals surface area contributed by atoms with Crippen molar-refractivity contribution in [1.82, 2.24) is 15.5 Å². The monoisotopic (exact) mass is 375 g/mol. The Bertz CT molecular complexity index is 906. The summed E-state index contributed by atoms with van der Waals surface area (Å²) in [5, 5.41) is 11.3. The number of aromatic nitrogens is 2. The lowest BCUT2D eigenvalue weighted by atomic mass is 10.1. The first-order chi connectivity index (χ1) is 13.8. The number of rotatable bonds is 6. The standard InChI is InChI=1S/C22H21N3O3/c26-22(23-15-19-7-4-14-27-19)17-10-8-16(9-11-17)20-12-13-21(25-24-20)28-18-5-2-1-3-6-18/h1-3,5-6,8-13,19H,4,7,14-15H2,(H,23,26)/t19-/m1/s1. The van der Waals surface area contributed by atoms with Gasteiger partial charge in [-0.2, -0.15) is 0 Å². The van der Waals surface area contributed by atoms with E-state index < -0.39 is 0 Å². The van der Waals surface area contributed by atoms with Crippen LogP contribution >= 0.6 is 0 Å². The predicted octanol–water partition coefficient (Wildman–Crippen LogP) is 3.84. The fourth-order valence-corrected chi connectivity index (χ4v) is 3.04. The lowest BCUT2D eigenvalue weighted by molar-refractivity contribution is 0.0858. The molecule has 0 bridgehead atoms. The highest BCUT2D eigenvalue weighted by Gasteiger charge is 2.16. The summed E-state index contributed by atoms with van der Waals surface area (Å²) in [7, 11) is 0. The largest absolute Gasteiger partial charge is 0.438 e. The van der Waals surface area contributed by atoms with E-state index in [0.717, 1.165) is 25.0 Å². The Morgan fingerprint density at radius 2 is 1.86 bits per heavy atom. The van der Waals surface area contributed by atoms with Crippen molar-refractivity contribution in [3.8, 4) is 22.9 Å². The van der Waals surface area contributed by atoms with E-state index in [4.69, 9.17) is 9.47 Å². The van der Waals surface area contributed by atoms with Crippen LogP contribution in [0.4, 0.5) is 0 Å². The first-order valence-electron chi connectivity index (χ1n) is 9.35. The van der Waals surface area contributed by atoms with Crippen LogP contribution in [-0.2, 0) is 4.74 Å². The van der Waals surface area contributed by atoms with Crippen molar-refractivity contribution in [3.63, 3.8) is 0 Å². The Morgan fingerprint density at radius 3 is 2.54 bits per heavy atom. The Kier molecular flexibility index (Phi) is 5.58. The van der Waals surface area contributed by atoms with Gasteiger partial charge in [0.1, 0.15) is 5.75 Å². The van der Waals surface area contributed by atoms with Crippen molar-refractivity contribution in [2.75, 3.05) is 13.2 Å². The summed E-state index contributed by atoms with van der Waals surface area (Å²) in [6, 6.07) is 20.4. The summed E-state index contributed by atoms with van der Waals surface area (Å²) in [5.41, 5.74) is 2.21. The molecular formula is C22H21N3O3. The SMILES string of the molecule is O=C(NC[C@H]1CCCO1)c1ccc(-c2ccc(Oc3ccccc3)nn2)cc1. The van der Waals surface area contributed by atoms with Crippen LogP contribution in [0.5, 0.6) is 11.6 Å². The van der Waals surface area contributed by atoms with Gasteiger partial charge in [0.15, 0.2) is 0 Å². The Morgan fingerprint density at radius 1 is 1.04 bits per heavy atom. The lowest BCUT2D eigenvalue weighted by Gasteiger charge is -2.11. The van der Waals surface area contributed by atoms with Crippen LogP contribution in [0.2, 0.25) is 0 Å². The number of carbonyl (C=O) groups is 1. The minimum Gasteiger partial charge on any atom is -0.438 e. The van der Waals surface area contributed by atoms with Crippen LogP contribution in [0.15, 0.2) is 66.7 Å². The van der Waals surface area contributed by atoms with E-state index in [1.807, 2.05) is 48.5 Å². The Hall–Kier alpha value is -3.25. The molecule has 142 valence electrons. The van der Waals surface area contributed by atoms with Gasteiger partial charge in [-0.3, -0.25) is 4.79 Å². The molecule has 6 nitrogen and oxygen atoms in total. The first-order valence-corrected chi connectivity index (χ1v) is 9.35. The van der Waals surface area contributed by atoms with E-state index in [-0.39, 0.29) is 12.0 Å². The Balaban J connectivity index is 1.37. The third-order valence-corrected chi connectivity index (χ3v) is 4.56. The van der Waals surface area contributed by atoms with Gasteiger partial charge in [0, 0.05) is 30.3 Å². The fraction of sp³-hybridized carbons (Fsp3) is 0.227. The van der Waals surface area contributed by atoms with Gasteiger partial charge in [0.25, 0.3) is 5.91 Å². The quantitative estimate of drug-likeness (QED) is 0.708. The summed E-state index contributed by atoms with van der Waals surface area (Å²) in [4.78, 5) is 12.3. The number of hydrogen-bond donors (Lipinski definition) is 1. The molecule has 0 radical (unpaired) electrons. The summed E-state index contributed by atoms with van der Waals surface area (Å²) in [6.45, 7) is 1.33. The van der Waals surface area contributed by atoms with E-state index in [1.165, 1.54) is 0 Å². The number of ether oxygens (including phenoxy) is 2. The zero-order valence-electron chi connectivity index (χ0n) is 15.4. The second-order valence-corrected chi connectivity index (χ2v) is 6.59. The highest BCUT2D eigenvalue weighted by atomic mass is 16.5. The molecule has 1 atom stereocenters. The maximum atomic E-state index is 12.3. The van der Waals surface area contributed by atoms with Gasteiger partial charge >= 0.3 is 0 Å². The second kappa shape index (κ2) is 8.63. The number of para-hydroxylation sites is 1. The normalized spacial score (nSPS) is 15.9. The van der Waals surface area contributed by atoms with E-state index in [9.17, 15) is 4.79 Å². The van der Waals surface area contributed by atoms with Crippen molar-refractivity contribution >= 4 is 5.91 Å². The van der Waals surface area contributed by atoms with Crippen LogP contribution in [0.1, 0.15) is 23.2 Å². The topological polar surface area (TPSA) is 73.3 Å². The summed E-state index contributed by atoms with van der Waals surface area (Å²) < 4.78 is 11.2. The Labute approximate surface area is 163 Å². The molecule has 28 heavy (non-hydrogen) atoms. The van der Waals surface area contributed by atoms with Gasteiger partial charge in [0.05, 0.1) is 11.8 Å². The first kappa shape index (κ1) is 18.1. The summed E-state index contributed by atoms with van der Waals surface area (Å²) in [5.74, 6) is 1.04. The molecule has 3 aromatic rings. The molecule has 0 saturated carbocycles. The lowest BCUT2D eigenvalue weighted by Crippen LogP contribution is -2.31. The van der Waals surface area contributed by atoms with Gasteiger partial charge in [-0.15, -0.1) is 10.2 Å². The van der Waals surface area contributed by atoms with Crippen LogP contribution in [-0.4, -0.2) is 35.4 Å². The van der Waals surface area contributed by atoms with Gasteiger partial charge < -0.3 is 14.8 Å². The van der Waals surface area contributed by atoms with Crippen LogP contribution in [0, 0.1) is 0 Å². The fourth-order valence-electron chi connectivity index (χ4n) is 3.04. The zero-order valence-corrected chi connectivity index (χ0v) is 15.4. The second-order valence-electron chi connectivity index (χ2n) is 6.59. The number of nitrogens with one attached hydrogen (secondary N) is 1. The van der Waals surface area contributed by atoms with Gasteiger partial charge in [-0.05, 0) is 43.2 Å². The number of hydrogen-bond acceptors (Lipinski definition) is 5. The highest BCUT2D eigenvalue weighted by Crippen LogP contribution is 2.22. The molecule has 1 aromatic heterocycles. The maximum absolute atomic E-state index is 12.3. The van der Waals surface area contributed by atoms with Crippen molar-refractivity contribution in [1.29, 1.82) is 0 Å². The number of nitrogens with zero attached hydrogens (tertiary/aromatic N) is 2. The minimum absolute atomic E-state index is 0.0975. The molecule has 0 aliphatic carbocycles. The third kappa shape index (κ3) is 4.53. The minimum atomic E-state index is -0.0975. The molecule has 2 aromatic carbocycles. The molecule has 1 N–H and O–H groups in total. The summed E-state index contributed by atoms with van der Waals surface area (Å²) >= 11 is 0. The molecule has 2 heterocycles. The molecule has 0 unspecified atom stereocenters. The molecule has 1 fully saturated rings. The van der Waals surface area contributed by atoms with E-state index in [1.54, 1.807) is 18.2 Å². The van der Waals surface area contributed by atoms with Gasteiger partial charge in [-0.25, -0.2) is 0 Å². The molecule has 0 spiro atoms. The van der Waals surface area contributed by atoms with Gasteiger partial charge in [-0.1, -0.05) is 30.3 Å². The van der Waals surface area contributed by atoms with E-state index in [2.05, 4.69) is 15.5 Å². The smallest absolute Gasteiger partial charge is 0.251 e. The van der Waals surface area contributed by atoms with Gasteiger partial charge in [0.2, 0.25) is 5.88 Å². The molecular weight excluding hydrogens is 354 g/mol. The molecule has 1 amide bonds. The molecule has 4 rings (SSSR count). The number of amides is 1. The molecule has 1 aliphatic rings. The van der Waals surface area contributed by atoms with Crippen molar-refractivity contribution in [3.05, 3.63) is 72.3 Å². The highest BCUT2D eigenvalue weighted by molar-refractivity contribution is 5.94. The van der Waals surface area contributed by atoms with Crippen molar-refractivity contribution in [2.24, 2.45) is 0 Å². The average molecular weight is 375 g/mol. The molecule has 1 aliphatic heterocycles. The van der Waals surface area contributed by atoms with E-state index in [0.29, 0.717) is 29.4 Å². The van der Waals surface area contributed by atoms with Crippen LogP contribution in [0.3, 0.4) is 0 Å². The van der Waals surface area contributed by atoms with Crippen LogP contribution in [0.25, 0.3) is 11.3 Å². The number of carbonyl (C=O) groups excluding carboxylic acids is 1. The number of benzene rings is 2. The molecule has 6 heteroatoms. The third-order valence-electron chi connectivity index (χ3n) is 4.56.